The molecule has 10 heteroatoms. The molecule has 2 amide bonds. The van der Waals surface area contributed by atoms with E-state index in [4.69, 9.17) is 9.47 Å². The van der Waals surface area contributed by atoms with Gasteiger partial charge < -0.3 is 19.7 Å². The first-order valence-electron chi connectivity index (χ1n) is 14.4. The summed E-state index contributed by atoms with van der Waals surface area (Å²) < 4.78 is 40.4. The molecule has 43 heavy (non-hydrogen) atoms. The number of nitrogens with one attached hydrogen (secondary N) is 1. The zero-order valence-electron chi connectivity index (χ0n) is 26.1. The van der Waals surface area contributed by atoms with E-state index in [1.807, 2.05) is 65.0 Å². The third-order valence-electron chi connectivity index (χ3n) is 7.25. The third-order valence-corrected chi connectivity index (χ3v) is 9.02. The lowest BCUT2D eigenvalue weighted by atomic mass is 10.1. The summed E-state index contributed by atoms with van der Waals surface area (Å²) in [6.45, 7) is 9.60. The van der Waals surface area contributed by atoms with Crippen LogP contribution in [0.25, 0.3) is 0 Å². The molecule has 1 unspecified atom stereocenters. The van der Waals surface area contributed by atoms with Gasteiger partial charge in [-0.2, -0.15) is 0 Å². The Morgan fingerprint density at radius 3 is 2.12 bits per heavy atom. The van der Waals surface area contributed by atoms with Crippen molar-refractivity contribution < 1.29 is 27.5 Å². The molecule has 0 saturated heterocycles. The number of hydrogen-bond acceptors (Lipinski definition) is 6. The number of carbonyl (C=O) groups excluding carboxylic acids is 2. The maximum absolute atomic E-state index is 14.3. The van der Waals surface area contributed by atoms with Gasteiger partial charge in [0.1, 0.15) is 12.6 Å². The molecule has 0 aliphatic carbocycles. The van der Waals surface area contributed by atoms with Crippen LogP contribution in [0.5, 0.6) is 11.5 Å². The van der Waals surface area contributed by atoms with Gasteiger partial charge in [0.05, 0.1) is 24.8 Å². The minimum Gasteiger partial charge on any atom is -0.493 e. The molecule has 0 radical (unpaired) electrons. The zero-order chi connectivity index (χ0) is 31.7. The van der Waals surface area contributed by atoms with Crippen LogP contribution in [0.3, 0.4) is 0 Å². The average Bonchev–Trinajstić information content (AvgIpc) is 2.98. The van der Waals surface area contributed by atoms with E-state index in [2.05, 4.69) is 5.32 Å². The van der Waals surface area contributed by atoms with E-state index in [1.54, 1.807) is 12.1 Å². The number of benzene rings is 3. The molecule has 0 spiro atoms. The normalized spacial score (nSPS) is 11.9. The third kappa shape index (κ3) is 8.07. The van der Waals surface area contributed by atoms with Gasteiger partial charge in [-0.1, -0.05) is 44.2 Å². The van der Waals surface area contributed by atoms with Gasteiger partial charge in [0.2, 0.25) is 11.8 Å². The quantitative estimate of drug-likeness (QED) is 0.271. The average molecular weight is 610 g/mol. The zero-order valence-corrected chi connectivity index (χ0v) is 27.0. The van der Waals surface area contributed by atoms with Gasteiger partial charge in [-0.3, -0.25) is 13.9 Å². The number of rotatable bonds is 14. The topological polar surface area (TPSA) is 105 Å². The highest BCUT2D eigenvalue weighted by atomic mass is 32.2. The highest BCUT2D eigenvalue weighted by molar-refractivity contribution is 7.92. The molecule has 3 aromatic rings. The van der Waals surface area contributed by atoms with E-state index in [0.29, 0.717) is 24.4 Å². The summed E-state index contributed by atoms with van der Waals surface area (Å²) in [4.78, 5) is 29.0. The van der Waals surface area contributed by atoms with Crippen molar-refractivity contribution in [2.24, 2.45) is 0 Å². The largest absolute Gasteiger partial charge is 0.493 e. The summed E-state index contributed by atoms with van der Waals surface area (Å²) in [7, 11) is -1.38. The Bertz CT molecular complexity index is 1520. The molecule has 232 valence electrons. The van der Waals surface area contributed by atoms with Crippen molar-refractivity contribution in [3.8, 4) is 11.5 Å². The maximum Gasteiger partial charge on any atom is 0.264 e. The van der Waals surface area contributed by atoms with E-state index >= 15 is 0 Å². The Labute approximate surface area is 255 Å². The lowest BCUT2D eigenvalue weighted by Crippen LogP contribution is -2.52. The molecule has 0 aliphatic heterocycles. The first kappa shape index (κ1) is 33.5. The molecule has 3 rings (SSSR count). The van der Waals surface area contributed by atoms with Crippen LogP contribution in [0.15, 0.2) is 65.6 Å². The molecular weight excluding hydrogens is 566 g/mol. The van der Waals surface area contributed by atoms with Crippen LogP contribution in [0.4, 0.5) is 5.69 Å². The van der Waals surface area contributed by atoms with Crippen LogP contribution in [0.1, 0.15) is 48.9 Å². The Kier molecular flexibility index (Phi) is 11.6. The molecule has 0 fully saturated rings. The van der Waals surface area contributed by atoms with Gasteiger partial charge in [0.15, 0.2) is 11.5 Å². The minimum absolute atomic E-state index is 0.0599. The molecule has 0 bridgehead atoms. The molecule has 1 N–H and O–H groups in total. The fraction of sp³-hybridized carbons (Fsp3) is 0.394. The van der Waals surface area contributed by atoms with Crippen molar-refractivity contribution in [2.45, 2.75) is 64.9 Å². The first-order chi connectivity index (χ1) is 20.5. The Hall–Kier alpha value is -4.05. The van der Waals surface area contributed by atoms with Crippen LogP contribution in [0.2, 0.25) is 0 Å². The number of hydrogen-bond donors (Lipinski definition) is 1. The van der Waals surface area contributed by atoms with Crippen molar-refractivity contribution in [3.05, 3.63) is 82.9 Å². The van der Waals surface area contributed by atoms with Crippen LogP contribution in [-0.4, -0.2) is 58.5 Å². The number of amides is 2. The van der Waals surface area contributed by atoms with Gasteiger partial charge in [-0.05, 0) is 80.1 Å². The van der Waals surface area contributed by atoms with Gasteiger partial charge in [0.25, 0.3) is 10.0 Å². The smallest absolute Gasteiger partial charge is 0.264 e. The van der Waals surface area contributed by atoms with E-state index in [-0.39, 0.29) is 23.1 Å². The summed E-state index contributed by atoms with van der Waals surface area (Å²) >= 11 is 0. The molecule has 3 aromatic carbocycles. The monoisotopic (exact) mass is 609 g/mol. The number of nitrogens with zero attached hydrogens (tertiary/aromatic N) is 2. The number of methoxy groups -OCH3 is 2. The summed E-state index contributed by atoms with van der Waals surface area (Å²) in [6.07, 6.45) is 1.11. The summed E-state index contributed by atoms with van der Waals surface area (Å²) in [5.74, 6) is -0.143. The molecular formula is C33H43N3O6S. The van der Waals surface area contributed by atoms with E-state index in [9.17, 15) is 18.0 Å². The van der Waals surface area contributed by atoms with Crippen molar-refractivity contribution in [3.63, 3.8) is 0 Å². The molecule has 0 saturated carbocycles. The van der Waals surface area contributed by atoms with Crippen molar-refractivity contribution >= 4 is 27.5 Å². The highest BCUT2D eigenvalue weighted by Gasteiger charge is 2.34. The van der Waals surface area contributed by atoms with Gasteiger partial charge in [-0.15, -0.1) is 0 Å². The standard InChI is InChI=1S/C33H43N3O6S/c1-8-16-34-33(38)29(9-2)35(21-26-13-11-10-12-25(26)5)32(37)22-36(27-18-23(3)17-24(4)19-27)43(39,40)28-14-15-30(41-6)31(20-28)42-7/h10-15,17-20,29H,8-9,16,21-22H2,1-7H3,(H,34,38). The Morgan fingerprint density at radius 1 is 0.884 bits per heavy atom. The number of carbonyl (C=O) groups is 2. The van der Waals surface area contributed by atoms with Crippen LogP contribution in [-0.2, 0) is 26.2 Å². The second-order valence-electron chi connectivity index (χ2n) is 10.5. The number of sulfonamides is 1. The number of aryl methyl sites for hydroxylation is 3. The van der Waals surface area contributed by atoms with Crippen LogP contribution < -0.4 is 19.1 Å². The highest BCUT2D eigenvalue weighted by Crippen LogP contribution is 2.33. The van der Waals surface area contributed by atoms with Crippen molar-refractivity contribution in [2.75, 3.05) is 31.6 Å². The number of anilines is 1. The van der Waals surface area contributed by atoms with E-state index in [0.717, 1.165) is 33.0 Å². The lowest BCUT2D eigenvalue weighted by Gasteiger charge is -2.33. The Morgan fingerprint density at radius 2 is 1.53 bits per heavy atom. The van der Waals surface area contributed by atoms with Gasteiger partial charge in [-0.25, -0.2) is 8.42 Å². The summed E-state index contributed by atoms with van der Waals surface area (Å²) in [6, 6.07) is 16.6. The van der Waals surface area contributed by atoms with E-state index in [1.165, 1.54) is 37.3 Å². The van der Waals surface area contributed by atoms with Gasteiger partial charge >= 0.3 is 0 Å². The fourth-order valence-electron chi connectivity index (χ4n) is 4.98. The van der Waals surface area contributed by atoms with E-state index < -0.39 is 28.5 Å². The second kappa shape index (κ2) is 14.9. The predicted octanol–water partition coefficient (Wildman–Crippen LogP) is 5.16. The number of ether oxygens (including phenoxy) is 2. The van der Waals surface area contributed by atoms with Gasteiger partial charge in [0, 0.05) is 19.2 Å². The van der Waals surface area contributed by atoms with Crippen LogP contribution in [0, 0.1) is 20.8 Å². The maximum atomic E-state index is 14.3. The predicted molar refractivity (Wildman–Crippen MR) is 169 cm³/mol. The van der Waals surface area contributed by atoms with Crippen molar-refractivity contribution in [1.29, 1.82) is 0 Å². The summed E-state index contributed by atoms with van der Waals surface area (Å²) in [5.41, 5.74) is 3.88. The molecule has 0 aromatic heterocycles. The fourth-order valence-corrected chi connectivity index (χ4v) is 6.40. The molecule has 0 heterocycles. The molecule has 9 nitrogen and oxygen atoms in total. The van der Waals surface area contributed by atoms with Crippen molar-refractivity contribution in [1.82, 2.24) is 10.2 Å². The lowest BCUT2D eigenvalue weighted by molar-refractivity contribution is -0.140. The SMILES string of the molecule is CCCNC(=O)C(CC)N(Cc1ccccc1C)C(=O)CN(c1cc(C)cc(C)c1)S(=O)(=O)c1ccc(OC)c(OC)c1. The Balaban J connectivity index is 2.14. The minimum atomic E-state index is -4.27. The molecule has 1 atom stereocenters. The second-order valence-corrected chi connectivity index (χ2v) is 12.4. The summed E-state index contributed by atoms with van der Waals surface area (Å²) in [5, 5.41) is 2.91. The van der Waals surface area contributed by atoms with Crippen LogP contribution >= 0.6 is 0 Å². The first-order valence-corrected chi connectivity index (χ1v) is 15.9. The molecule has 0 aliphatic rings.